The van der Waals surface area contributed by atoms with Crippen molar-refractivity contribution in [3.05, 3.63) is 11.3 Å². The number of alkyl halides is 3. The molecule has 0 amide bonds. The fourth-order valence-electron chi connectivity index (χ4n) is 1.61. The van der Waals surface area contributed by atoms with Crippen LogP contribution in [0.15, 0.2) is 0 Å². The van der Waals surface area contributed by atoms with Gasteiger partial charge in [0.15, 0.2) is 6.61 Å². The SMILES string of the molecule is CCCNCc1c(C)nn(C)c1OCC(F)(F)F. The highest BCUT2D eigenvalue weighted by molar-refractivity contribution is 5.30. The number of aryl methyl sites for hydroxylation is 2. The Kier molecular flexibility index (Phi) is 5.01. The lowest BCUT2D eigenvalue weighted by Crippen LogP contribution is -2.21. The Hall–Kier alpha value is -1.24. The van der Waals surface area contributed by atoms with E-state index in [9.17, 15) is 13.2 Å². The molecule has 0 spiro atoms. The number of nitrogens with zero attached hydrogens (tertiary/aromatic N) is 2. The Morgan fingerprint density at radius 2 is 2.06 bits per heavy atom. The molecule has 1 N–H and O–H groups in total. The van der Waals surface area contributed by atoms with Gasteiger partial charge in [-0.3, -0.25) is 0 Å². The normalized spacial score (nSPS) is 11.9. The molecule has 0 aliphatic carbocycles. The molecular formula is C11H18F3N3O. The molecule has 18 heavy (non-hydrogen) atoms. The Morgan fingerprint density at radius 1 is 1.39 bits per heavy atom. The summed E-state index contributed by atoms with van der Waals surface area (Å²) in [5, 5.41) is 7.20. The van der Waals surface area contributed by atoms with Gasteiger partial charge in [0.25, 0.3) is 0 Å². The molecule has 1 rings (SSSR count). The number of hydrogen-bond donors (Lipinski definition) is 1. The van der Waals surface area contributed by atoms with Crippen LogP contribution in [0.1, 0.15) is 24.6 Å². The average molecular weight is 265 g/mol. The predicted octanol–water partition coefficient (Wildman–Crippen LogP) is 2.17. The first-order valence-electron chi connectivity index (χ1n) is 5.78. The van der Waals surface area contributed by atoms with E-state index < -0.39 is 12.8 Å². The minimum Gasteiger partial charge on any atom is -0.468 e. The van der Waals surface area contributed by atoms with Crippen molar-refractivity contribution in [2.45, 2.75) is 33.0 Å². The molecule has 0 atom stereocenters. The van der Waals surface area contributed by atoms with Gasteiger partial charge in [-0.05, 0) is 19.9 Å². The van der Waals surface area contributed by atoms with Crippen molar-refractivity contribution in [3.8, 4) is 5.88 Å². The smallest absolute Gasteiger partial charge is 0.422 e. The van der Waals surface area contributed by atoms with Gasteiger partial charge in [-0.1, -0.05) is 6.92 Å². The van der Waals surface area contributed by atoms with Crippen molar-refractivity contribution in [2.75, 3.05) is 13.2 Å². The summed E-state index contributed by atoms with van der Waals surface area (Å²) in [6.45, 7) is 3.73. The van der Waals surface area contributed by atoms with Crippen molar-refractivity contribution in [1.82, 2.24) is 15.1 Å². The van der Waals surface area contributed by atoms with E-state index >= 15 is 0 Å². The van der Waals surface area contributed by atoms with E-state index in [0.717, 1.165) is 13.0 Å². The first-order valence-corrected chi connectivity index (χ1v) is 5.78. The van der Waals surface area contributed by atoms with Crippen LogP contribution in [0.3, 0.4) is 0 Å². The average Bonchev–Trinajstić information content (AvgIpc) is 2.50. The van der Waals surface area contributed by atoms with Crippen LogP contribution in [0.5, 0.6) is 5.88 Å². The number of rotatable bonds is 6. The number of ether oxygens (including phenoxy) is 1. The third-order valence-corrected chi connectivity index (χ3v) is 2.39. The highest BCUT2D eigenvalue weighted by atomic mass is 19.4. The topological polar surface area (TPSA) is 39.1 Å². The summed E-state index contributed by atoms with van der Waals surface area (Å²) in [6.07, 6.45) is -3.38. The van der Waals surface area contributed by atoms with Gasteiger partial charge in [-0.15, -0.1) is 0 Å². The van der Waals surface area contributed by atoms with Crippen LogP contribution in [-0.4, -0.2) is 29.1 Å². The van der Waals surface area contributed by atoms with Gasteiger partial charge in [0, 0.05) is 13.6 Å². The Labute approximate surface area is 104 Å². The fourth-order valence-corrected chi connectivity index (χ4v) is 1.61. The van der Waals surface area contributed by atoms with Crippen LogP contribution in [0, 0.1) is 6.92 Å². The summed E-state index contributed by atoms with van der Waals surface area (Å²) in [5.74, 6) is 0.174. The molecule has 0 aliphatic heterocycles. The summed E-state index contributed by atoms with van der Waals surface area (Å²) in [4.78, 5) is 0. The summed E-state index contributed by atoms with van der Waals surface area (Å²) in [5.41, 5.74) is 1.36. The molecule has 7 heteroatoms. The molecule has 0 fully saturated rings. The van der Waals surface area contributed by atoms with Crippen LogP contribution in [-0.2, 0) is 13.6 Å². The number of aromatic nitrogens is 2. The third-order valence-electron chi connectivity index (χ3n) is 2.39. The molecule has 0 saturated heterocycles. The molecule has 0 aliphatic rings. The van der Waals surface area contributed by atoms with Crippen LogP contribution < -0.4 is 10.1 Å². The maximum atomic E-state index is 12.1. The molecule has 0 unspecified atom stereocenters. The monoisotopic (exact) mass is 265 g/mol. The van der Waals surface area contributed by atoms with Crippen molar-refractivity contribution in [2.24, 2.45) is 7.05 Å². The van der Waals surface area contributed by atoms with Gasteiger partial charge in [0.05, 0.1) is 11.3 Å². The van der Waals surface area contributed by atoms with Gasteiger partial charge in [-0.2, -0.15) is 18.3 Å². The maximum absolute atomic E-state index is 12.1. The number of hydrogen-bond acceptors (Lipinski definition) is 3. The van der Waals surface area contributed by atoms with Crippen molar-refractivity contribution < 1.29 is 17.9 Å². The van der Waals surface area contributed by atoms with Crippen LogP contribution in [0.4, 0.5) is 13.2 Å². The number of nitrogens with one attached hydrogen (secondary N) is 1. The molecule has 1 aromatic rings. The van der Waals surface area contributed by atoms with Gasteiger partial charge >= 0.3 is 6.18 Å². The third kappa shape index (κ3) is 4.21. The van der Waals surface area contributed by atoms with Crippen LogP contribution in [0.25, 0.3) is 0 Å². The Balaban J connectivity index is 2.75. The second kappa shape index (κ2) is 6.08. The summed E-state index contributed by atoms with van der Waals surface area (Å²) in [7, 11) is 1.57. The molecule has 104 valence electrons. The van der Waals surface area contributed by atoms with E-state index in [1.165, 1.54) is 4.68 Å². The van der Waals surface area contributed by atoms with E-state index in [4.69, 9.17) is 4.74 Å². The molecular weight excluding hydrogens is 247 g/mol. The lowest BCUT2D eigenvalue weighted by atomic mass is 10.2. The van der Waals surface area contributed by atoms with E-state index in [1.807, 2.05) is 6.92 Å². The molecule has 1 aromatic heterocycles. The zero-order valence-corrected chi connectivity index (χ0v) is 10.8. The first-order chi connectivity index (χ1) is 8.35. The van der Waals surface area contributed by atoms with Gasteiger partial charge < -0.3 is 10.1 Å². The van der Waals surface area contributed by atoms with E-state index in [2.05, 4.69) is 10.4 Å². The predicted molar refractivity (Wildman–Crippen MR) is 61.5 cm³/mol. The molecule has 1 heterocycles. The highest BCUT2D eigenvalue weighted by Crippen LogP contribution is 2.24. The lowest BCUT2D eigenvalue weighted by Gasteiger charge is -2.11. The standard InChI is InChI=1S/C11H18F3N3O/c1-4-5-15-6-9-8(2)16-17(3)10(9)18-7-11(12,13)14/h15H,4-7H2,1-3H3. The largest absolute Gasteiger partial charge is 0.468 e. The number of halogens is 3. The maximum Gasteiger partial charge on any atom is 0.422 e. The summed E-state index contributed by atoms with van der Waals surface area (Å²) < 4.78 is 42.6. The summed E-state index contributed by atoms with van der Waals surface area (Å²) >= 11 is 0. The zero-order chi connectivity index (χ0) is 13.8. The Morgan fingerprint density at radius 3 is 2.61 bits per heavy atom. The lowest BCUT2D eigenvalue weighted by molar-refractivity contribution is -0.154. The van der Waals surface area contributed by atoms with Crippen molar-refractivity contribution in [3.63, 3.8) is 0 Å². The molecule has 4 nitrogen and oxygen atoms in total. The van der Waals surface area contributed by atoms with Gasteiger partial charge in [0.2, 0.25) is 5.88 Å². The van der Waals surface area contributed by atoms with Crippen LogP contribution in [0.2, 0.25) is 0 Å². The molecule has 0 aromatic carbocycles. The fraction of sp³-hybridized carbons (Fsp3) is 0.727. The van der Waals surface area contributed by atoms with Gasteiger partial charge in [0.1, 0.15) is 0 Å². The first kappa shape index (κ1) is 14.8. The molecule has 0 saturated carbocycles. The summed E-state index contributed by atoms with van der Waals surface area (Å²) in [6, 6.07) is 0. The van der Waals surface area contributed by atoms with Crippen molar-refractivity contribution in [1.29, 1.82) is 0 Å². The zero-order valence-electron chi connectivity index (χ0n) is 10.8. The minimum absolute atomic E-state index is 0.174. The second-order valence-electron chi connectivity index (χ2n) is 4.07. The van der Waals surface area contributed by atoms with E-state index in [0.29, 0.717) is 17.8 Å². The minimum atomic E-state index is -4.34. The van der Waals surface area contributed by atoms with E-state index in [1.54, 1.807) is 14.0 Å². The second-order valence-corrected chi connectivity index (χ2v) is 4.07. The van der Waals surface area contributed by atoms with Gasteiger partial charge in [-0.25, -0.2) is 4.68 Å². The molecule has 0 bridgehead atoms. The van der Waals surface area contributed by atoms with Crippen molar-refractivity contribution >= 4 is 0 Å². The highest BCUT2D eigenvalue weighted by Gasteiger charge is 2.30. The quantitative estimate of drug-likeness (QED) is 0.801. The molecule has 0 radical (unpaired) electrons. The van der Waals surface area contributed by atoms with E-state index in [-0.39, 0.29) is 5.88 Å². The Bertz CT molecular complexity index is 388. The van der Waals surface area contributed by atoms with Crippen LogP contribution >= 0.6 is 0 Å².